The van der Waals surface area contributed by atoms with Gasteiger partial charge in [0, 0.05) is 7.11 Å². The van der Waals surface area contributed by atoms with Crippen molar-refractivity contribution in [3.63, 3.8) is 0 Å². The van der Waals surface area contributed by atoms with E-state index in [0.29, 0.717) is 6.42 Å². The molecule has 0 aromatic heterocycles. The molecule has 0 fully saturated rings. The van der Waals surface area contributed by atoms with Crippen LogP contribution in [-0.2, 0) is 9.53 Å². The van der Waals surface area contributed by atoms with E-state index in [1.54, 1.807) is 14.0 Å². The number of carbonyl (C=O) groups is 1. The number of methoxy groups -OCH3 is 1. The van der Waals surface area contributed by atoms with Crippen molar-refractivity contribution in [3.8, 4) is 6.07 Å². The Labute approximate surface area is 73.3 Å². The van der Waals surface area contributed by atoms with Crippen LogP contribution in [0.2, 0.25) is 0 Å². The molecule has 3 heteroatoms. The van der Waals surface area contributed by atoms with Crippen molar-refractivity contribution in [3.05, 3.63) is 0 Å². The van der Waals surface area contributed by atoms with E-state index in [4.69, 9.17) is 10.00 Å². The van der Waals surface area contributed by atoms with Crippen molar-refractivity contribution < 1.29 is 9.53 Å². The first-order valence-corrected chi connectivity index (χ1v) is 3.91. The van der Waals surface area contributed by atoms with E-state index in [1.807, 2.05) is 13.0 Å². The van der Waals surface area contributed by atoms with E-state index in [-0.39, 0.29) is 11.9 Å². The lowest BCUT2D eigenvalue weighted by atomic mass is 9.83. The van der Waals surface area contributed by atoms with Gasteiger partial charge in [-0.25, -0.2) is 0 Å². The highest BCUT2D eigenvalue weighted by Gasteiger charge is 2.31. The maximum atomic E-state index is 11.1. The molecule has 0 aromatic rings. The first kappa shape index (κ1) is 11.1. The Morgan fingerprint density at radius 2 is 2.25 bits per heavy atom. The van der Waals surface area contributed by atoms with Gasteiger partial charge in [-0.1, -0.05) is 0 Å². The van der Waals surface area contributed by atoms with Crippen LogP contribution in [0.3, 0.4) is 0 Å². The SMILES string of the molecule is COC(C)CC(C)(C#N)C(C)=O. The molecule has 3 nitrogen and oxygen atoms in total. The summed E-state index contributed by atoms with van der Waals surface area (Å²) in [5.74, 6) is -0.103. The normalized spacial score (nSPS) is 17.6. The molecular weight excluding hydrogens is 154 g/mol. The van der Waals surface area contributed by atoms with Crippen LogP contribution in [-0.4, -0.2) is 19.0 Å². The molecule has 0 aliphatic rings. The maximum absolute atomic E-state index is 11.1. The molecule has 2 atom stereocenters. The first-order chi connectivity index (χ1) is 5.46. The molecule has 0 saturated carbocycles. The van der Waals surface area contributed by atoms with Gasteiger partial charge < -0.3 is 4.74 Å². The zero-order valence-corrected chi connectivity index (χ0v) is 8.05. The fourth-order valence-electron chi connectivity index (χ4n) is 0.926. The molecule has 0 amide bonds. The first-order valence-electron chi connectivity index (χ1n) is 3.91. The summed E-state index contributed by atoms with van der Waals surface area (Å²) in [5, 5.41) is 8.77. The number of Topliss-reactive ketones (excluding diaryl/α,β-unsaturated/α-hetero) is 1. The standard InChI is InChI=1S/C9H15NO2/c1-7(12-4)5-9(3,6-10)8(2)11/h7H,5H2,1-4H3. The Hall–Kier alpha value is -0.880. The molecule has 0 aliphatic carbocycles. The molecule has 0 bridgehead atoms. The van der Waals surface area contributed by atoms with Crippen LogP contribution in [0.1, 0.15) is 27.2 Å². The second-order valence-electron chi connectivity index (χ2n) is 3.25. The van der Waals surface area contributed by atoms with Crippen LogP contribution in [0.15, 0.2) is 0 Å². The fourth-order valence-corrected chi connectivity index (χ4v) is 0.926. The quantitative estimate of drug-likeness (QED) is 0.641. The third kappa shape index (κ3) is 2.63. The van der Waals surface area contributed by atoms with E-state index in [1.165, 1.54) is 6.92 Å². The van der Waals surface area contributed by atoms with Crippen molar-refractivity contribution in [1.82, 2.24) is 0 Å². The molecule has 2 unspecified atom stereocenters. The second kappa shape index (κ2) is 4.22. The van der Waals surface area contributed by atoms with Gasteiger partial charge in [-0.3, -0.25) is 4.79 Å². The van der Waals surface area contributed by atoms with Crippen molar-refractivity contribution >= 4 is 5.78 Å². The number of hydrogen-bond donors (Lipinski definition) is 0. The molecule has 0 radical (unpaired) electrons. The number of carbonyl (C=O) groups excluding carboxylic acids is 1. The van der Waals surface area contributed by atoms with E-state index >= 15 is 0 Å². The van der Waals surface area contributed by atoms with Crippen molar-refractivity contribution in [2.24, 2.45) is 5.41 Å². The van der Waals surface area contributed by atoms with Gasteiger partial charge in [0.05, 0.1) is 12.2 Å². The van der Waals surface area contributed by atoms with Crippen LogP contribution in [0.5, 0.6) is 0 Å². The number of rotatable bonds is 4. The lowest BCUT2D eigenvalue weighted by Crippen LogP contribution is -2.28. The van der Waals surface area contributed by atoms with Crippen LogP contribution < -0.4 is 0 Å². The molecule has 0 saturated heterocycles. The summed E-state index contributed by atoms with van der Waals surface area (Å²) in [5.41, 5.74) is -0.893. The predicted octanol–water partition coefficient (Wildman–Crippen LogP) is 1.53. The fraction of sp³-hybridized carbons (Fsp3) is 0.778. The molecule has 0 heterocycles. The Kier molecular flexibility index (Phi) is 3.91. The van der Waals surface area contributed by atoms with Gasteiger partial charge in [0.15, 0.2) is 0 Å². The zero-order valence-electron chi connectivity index (χ0n) is 8.05. The Bertz CT molecular complexity index is 207. The lowest BCUT2D eigenvalue weighted by Gasteiger charge is -2.21. The summed E-state index contributed by atoms with van der Waals surface area (Å²) in [7, 11) is 1.57. The summed E-state index contributed by atoms with van der Waals surface area (Å²) in [6, 6.07) is 2.01. The van der Waals surface area contributed by atoms with Gasteiger partial charge in [0.25, 0.3) is 0 Å². The molecule has 68 valence electrons. The minimum Gasteiger partial charge on any atom is -0.382 e. The number of hydrogen-bond acceptors (Lipinski definition) is 3. The van der Waals surface area contributed by atoms with Gasteiger partial charge in [-0.05, 0) is 27.2 Å². The second-order valence-corrected chi connectivity index (χ2v) is 3.25. The molecule has 0 aliphatic heterocycles. The predicted molar refractivity (Wildman–Crippen MR) is 45.5 cm³/mol. The van der Waals surface area contributed by atoms with E-state index in [9.17, 15) is 4.79 Å². The largest absolute Gasteiger partial charge is 0.382 e. The number of ether oxygens (including phenoxy) is 1. The van der Waals surface area contributed by atoms with Crippen LogP contribution in [0.4, 0.5) is 0 Å². The van der Waals surface area contributed by atoms with Crippen LogP contribution >= 0.6 is 0 Å². The Balaban J connectivity index is 4.37. The van der Waals surface area contributed by atoms with E-state index in [0.717, 1.165) is 0 Å². The Morgan fingerprint density at radius 3 is 2.50 bits per heavy atom. The molecule has 12 heavy (non-hydrogen) atoms. The van der Waals surface area contributed by atoms with Crippen LogP contribution in [0.25, 0.3) is 0 Å². The third-order valence-electron chi connectivity index (χ3n) is 2.12. The summed E-state index contributed by atoms with van der Waals surface area (Å²) in [6.07, 6.45) is 0.397. The molecular formula is C9H15NO2. The molecule has 0 rings (SSSR count). The Morgan fingerprint density at radius 1 is 1.75 bits per heavy atom. The van der Waals surface area contributed by atoms with Gasteiger partial charge in [-0.2, -0.15) is 5.26 Å². The number of nitrogens with zero attached hydrogens (tertiary/aromatic N) is 1. The summed E-state index contributed by atoms with van der Waals surface area (Å²) >= 11 is 0. The molecule has 0 spiro atoms. The van der Waals surface area contributed by atoms with Crippen molar-refractivity contribution in [1.29, 1.82) is 5.26 Å². The molecule has 0 N–H and O–H groups in total. The van der Waals surface area contributed by atoms with Crippen molar-refractivity contribution in [2.75, 3.05) is 7.11 Å². The van der Waals surface area contributed by atoms with Gasteiger partial charge in [0.1, 0.15) is 11.2 Å². The third-order valence-corrected chi connectivity index (χ3v) is 2.12. The monoisotopic (exact) mass is 169 g/mol. The summed E-state index contributed by atoms with van der Waals surface area (Å²) in [6.45, 7) is 4.93. The van der Waals surface area contributed by atoms with Crippen LogP contribution in [0, 0.1) is 16.7 Å². The summed E-state index contributed by atoms with van der Waals surface area (Å²) < 4.78 is 4.99. The smallest absolute Gasteiger partial charge is 0.149 e. The lowest BCUT2D eigenvalue weighted by molar-refractivity contribution is -0.124. The highest BCUT2D eigenvalue weighted by atomic mass is 16.5. The van der Waals surface area contributed by atoms with E-state index < -0.39 is 5.41 Å². The minimum absolute atomic E-state index is 0.0569. The number of nitriles is 1. The summed E-state index contributed by atoms with van der Waals surface area (Å²) in [4.78, 5) is 11.1. The highest BCUT2D eigenvalue weighted by Crippen LogP contribution is 2.24. The molecule has 0 aromatic carbocycles. The average molecular weight is 169 g/mol. The minimum atomic E-state index is -0.893. The van der Waals surface area contributed by atoms with Gasteiger partial charge in [-0.15, -0.1) is 0 Å². The topological polar surface area (TPSA) is 50.1 Å². The average Bonchev–Trinajstić information content (AvgIpc) is 2.03. The van der Waals surface area contributed by atoms with E-state index in [2.05, 4.69) is 0 Å². The van der Waals surface area contributed by atoms with Gasteiger partial charge >= 0.3 is 0 Å². The number of ketones is 1. The maximum Gasteiger partial charge on any atom is 0.149 e. The van der Waals surface area contributed by atoms with Crippen molar-refractivity contribution in [2.45, 2.75) is 33.3 Å². The van der Waals surface area contributed by atoms with Gasteiger partial charge in [0.2, 0.25) is 0 Å². The zero-order chi connectivity index (χ0) is 9.78. The highest BCUT2D eigenvalue weighted by molar-refractivity contribution is 5.84.